The molecule has 2 fully saturated rings. The van der Waals surface area contributed by atoms with Crippen LogP contribution in [-0.4, -0.2) is 51.3 Å². The summed E-state index contributed by atoms with van der Waals surface area (Å²) in [5.41, 5.74) is 2.51. The van der Waals surface area contributed by atoms with Crippen molar-refractivity contribution >= 4 is 38.9 Å². The average Bonchev–Trinajstić information content (AvgIpc) is 3.60. The molecule has 4 rings (SSSR count). The highest BCUT2D eigenvalue weighted by Gasteiger charge is 2.35. The number of hydrogen-bond acceptors (Lipinski definition) is 5. The third-order valence-electron chi connectivity index (χ3n) is 5.80. The molecule has 1 atom stereocenters. The van der Waals surface area contributed by atoms with Crippen LogP contribution in [0.2, 0.25) is 10.0 Å². The lowest BCUT2D eigenvalue weighted by Crippen LogP contribution is -2.50. The summed E-state index contributed by atoms with van der Waals surface area (Å²) in [5, 5.41) is 10.2. The van der Waals surface area contributed by atoms with Crippen LogP contribution < -0.4 is 9.62 Å². The lowest BCUT2D eigenvalue weighted by Gasteiger charge is -2.43. The van der Waals surface area contributed by atoms with Crippen LogP contribution in [0.5, 0.6) is 0 Å². The van der Waals surface area contributed by atoms with E-state index in [0.717, 1.165) is 43.7 Å². The molecule has 9 heteroatoms. The molecule has 1 saturated heterocycles. The molecule has 0 bridgehead atoms. The Morgan fingerprint density at radius 3 is 2.48 bits per heavy atom. The minimum Gasteiger partial charge on any atom is -0.361 e. The number of nitriles is 1. The zero-order valence-electron chi connectivity index (χ0n) is 17.0. The molecule has 1 aliphatic heterocycles. The van der Waals surface area contributed by atoms with Crippen LogP contribution in [0.1, 0.15) is 30.0 Å². The summed E-state index contributed by atoms with van der Waals surface area (Å²) < 4.78 is 26.9. The maximum Gasteiger partial charge on any atom is 0.214 e. The van der Waals surface area contributed by atoms with Gasteiger partial charge in [0.1, 0.15) is 0 Å². The van der Waals surface area contributed by atoms with E-state index in [1.165, 1.54) is 0 Å². The second-order valence-electron chi connectivity index (χ2n) is 7.98. The van der Waals surface area contributed by atoms with Crippen molar-refractivity contribution in [2.45, 2.75) is 24.1 Å². The van der Waals surface area contributed by atoms with E-state index >= 15 is 0 Å². The topological polar surface area (TPSA) is 76.4 Å². The first-order chi connectivity index (χ1) is 14.9. The molecule has 1 saturated carbocycles. The minimum atomic E-state index is -3.17. The van der Waals surface area contributed by atoms with Crippen molar-refractivity contribution in [3.05, 3.63) is 63.6 Å². The molecule has 2 aromatic carbocycles. The lowest BCUT2D eigenvalue weighted by molar-refractivity contribution is 0.227. The number of anilines is 1. The van der Waals surface area contributed by atoms with E-state index < -0.39 is 10.0 Å². The Kier molecular flexibility index (Phi) is 6.75. The monoisotopic (exact) mass is 478 g/mol. The van der Waals surface area contributed by atoms with Gasteiger partial charge in [-0.3, -0.25) is 4.90 Å². The van der Waals surface area contributed by atoms with Crippen LogP contribution in [0, 0.1) is 11.3 Å². The number of nitrogens with one attached hydrogen (secondary N) is 1. The van der Waals surface area contributed by atoms with Crippen molar-refractivity contribution in [2.24, 2.45) is 0 Å². The molecule has 1 N–H and O–H groups in total. The van der Waals surface area contributed by atoms with Crippen molar-refractivity contribution in [3.63, 3.8) is 0 Å². The summed E-state index contributed by atoms with van der Waals surface area (Å²) in [5.74, 6) is 0. The van der Waals surface area contributed by atoms with Gasteiger partial charge in [0, 0.05) is 37.7 Å². The number of nitrogens with zero attached hydrogens (tertiary/aromatic N) is 3. The van der Waals surface area contributed by atoms with Crippen LogP contribution in [0.25, 0.3) is 0 Å². The van der Waals surface area contributed by atoms with Crippen LogP contribution >= 0.6 is 23.2 Å². The first-order valence-corrected chi connectivity index (χ1v) is 12.6. The van der Waals surface area contributed by atoms with Crippen molar-refractivity contribution in [1.82, 2.24) is 9.62 Å². The Labute approximate surface area is 193 Å². The fourth-order valence-electron chi connectivity index (χ4n) is 3.95. The first-order valence-electron chi connectivity index (χ1n) is 10.3. The average molecular weight is 479 g/mol. The third kappa shape index (κ3) is 5.33. The second kappa shape index (κ2) is 9.35. The minimum absolute atomic E-state index is 0.0245. The second-order valence-corrected chi connectivity index (χ2v) is 10.9. The number of rotatable bonds is 7. The van der Waals surface area contributed by atoms with E-state index in [4.69, 9.17) is 28.5 Å². The fourth-order valence-corrected chi connectivity index (χ4v) is 5.74. The summed E-state index contributed by atoms with van der Waals surface area (Å²) in [7, 11) is -3.17. The normalized spacial score (nSPS) is 19.9. The summed E-state index contributed by atoms with van der Waals surface area (Å²) >= 11 is 12.6. The molecule has 2 aromatic rings. The van der Waals surface area contributed by atoms with Crippen LogP contribution in [0.4, 0.5) is 5.69 Å². The molecule has 0 spiro atoms. The van der Waals surface area contributed by atoms with Gasteiger partial charge in [-0.25, -0.2) is 13.1 Å². The van der Waals surface area contributed by atoms with Crippen LogP contribution in [0.15, 0.2) is 42.5 Å². The molecule has 0 aromatic heterocycles. The van der Waals surface area contributed by atoms with Gasteiger partial charge in [0.25, 0.3) is 0 Å². The molecule has 1 aliphatic carbocycles. The van der Waals surface area contributed by atoms with Gasteiger partial charge < -0.3 is 4.90 Å². The number of halogens is 2. The third-order valence-corrected chi connectivity index (χ3v) is 8.31. The molecule has 0 unspecified atom stereocenters. The predicted molar refractivity (Wildman–Crippen MR) is 124 cm³/mol. The molecular formula is C22H24Cl2N4O2S. The molecule has 2 aliphatic rings. The number of benzene rings is 2. The Balaban J connectivity index is 1.51. The zero-order chi connectivity index (χ0) is 22.0. The van der Waals surface area contributed by atoms with Crippen molar-refractivity contribution in [3.8, 4) is 6.07 Å². The Morgan fingerprint density at radius 1 is 1.10 bits per heavy atom. The van der Waals surface area contributed by atoms with Crippen LogP contribution in [0.3, 0.4) is 0 Å². The maximum atomic E-state index is 12.1. The summed E-state index contributed by atoms with van der Waals surface area (Å²) in [4.78, 5) is 4.51. The Morgan fingerprint density at radius 2 is 1.84 bits per heavy atom. The van der Waals surface area contributed by atoms with Crippen molar-refractivity contribution < 1.29 is 8.42 Å². The van der Waals surface area contributed by atoms with Gasteiger partial charge in [0.05, 0.1) is 33.6 Å². The Bertz CT molecular complexity index is 1080. The van der Waals surface area contributed by atoms with Gasteiger partial charge in [-0.2, -0.15) is 5.26 Å². The zero-order valence-corrected chi connectivity index (χ0v) is 19.3. The smallest absolute Gasteiger partial charge is 0.214 e. The van der Waals surface area contributed by atoms with Gasteiger partial charge in [-0.05, 0) is 48.7 Å². The van der Waals surface area contributed by atoms with E-state index in [0.29, 0.717) is 28.7 Å². The quantitative estimate of drug-likeness (QED) is 0.654. The molecule has 0 radical (unpaired) electrons. The lowest BCUT2D eigenvalue weighted by atomic mass is 10.0. The highest BCUT2D eigenvalue weighted by atomic mass is 35.5. The van der Waals surface area contributed by atoms with Crippen molar-refractivity contribution in [1.29, 1.82) is 5.26 Å². The highest BCUT2D eigenvalue weighted by Crippen LogP contribution is 2.36. The van der Waals surface area contributed by atoms with E-state index in [2.05, 4.69) is 20.6 Å². The molecule has 1 heterocycles. The molecular weight excluding hydrogens is 455 g/mol. The van der Waals surface area contributed by atoms with Crippen LogP contribution in [-0.2, 0) is 10.0 Å². The maximum absolute atomic E-state index is 12.1. The highest BCUT2D eigenvalue weighted by molar-refractivity contribution is 7.90. The fraction of sp³-hybridized carbons (Fsp3) is 0.409. The molecule has 6 nitrogen and oxygen atoms in total. The van der Waals surface area contributed by atoms with Gasteiger partial charge in [-0.15, -0.1) is 0 Å². The van der Waals surface area contributed by atoms with Gasteiger partial charge in [0.15, 0.2) is 0 Å². The first kappa shape index (κ1) is 22.4. The van der Waals surface area contributed by atoms with E-state index in [-0.39, 0.29) is 11.3 Å². The summed E-state index contributed by atoms with van der Waals surface area (Å²) in [6.07, 6.45) is 1.52. The predicted octanol–water partition coefficient (Wildman–Crippen LogP) is 3.81. The van der Waals surface area contributed by atoms with Gasteiger partial charge in [-0.1, -0.05) is 35.3 Å². The molecule has 164 valence electrons. The van der Waals surface area contributed by atoms with E-state index in [9.17, 15) is 8.42 Å². The van der Waals surface area contributed by atoms with Gasteiger partial charge >= 0.3 is 0 Å². The largest absolute Gasteiger partial charge is 0.361 e. The van der Waals surface area contributed by atoms with Gasteiger partial charge in [0.2, 0.25) is 10.0 Å². The Hall–Kier alpha value is -1.82. The standard InChI is InChI=1S/C22H24Cl2N4O2S/c23-18-4-2-17(3-5-18)22-15-27(10-9-26-31(29,30)19-6-7-19)11-12-28(22)21-8-1-16(14-25)13-20(21)24/h1-5,8,13,19,22,26H,6-7,9-12,15H2/t22-/m0/s1. The summed E-state index contributed by atoms with van der Waals surface area (Å²) in [6.45, 7) is 3.29. The molecule has 0 amide bonds. The number of sulfonamides is 1. The number of piperazine rings is 1. The number of hydrogen-bond donors (Lipinski definition) is 1. The van der Waals surface area contributed by atoms with Crippen molar-refractivity contribution in [2.75, 3.05) is 37.6 Å². The summed E-state index contributed by atoms with van der Waals surface area (Å²) in [6, 6.07) is 15.3. The SMILES string of the molecule is N#Cc1ccc(N2CCN(CCNS(=O)(=O)C3CC3)C[C@H]2c2ccc(Cl)cc2)c(Cl)c1. The van der Waals surface area contributed by atoms with E-state index in [1.54, 1.807) is 12.1 Å². The van der Waals surface area contributed by atoms with E-state index in [1.807, 2.05) is 30.3 Å². The molecule has 31 heavy (non-hydrogen) atoms.